The van der Waals surface area contributed by atoms with Crippen molar-refractivity contribution in [3.05, 3.63) is 29.7 Å². The maximum atomic E-state index is 13.1. The van der Waals surface area contributed by atoms with Crippen LogP contribution in [0.4, 0.5) is 0 Å². The second-order valence-electron chi connectivity index (χ2n) is 19.8. The van der Waals surface area contributed by atoms with E-state index < -0.39 is 17.4 Å². The summed E-state index contributed by atoms with van der Waals surface area (Å²) in [5, 5.41) is 13.6. The number of aliphatic carboxylic acids is 1. The van der Waals surface area contributed by atoms with Crippen LogP contribution in [0, 0.1) is 69.0 Å². The number of nitrogens with zero attached hydrogens (tertiary/aromatic N) is 1. The quantitative estimate of drug-likeness (QED) is 0.189. The SMILES string of the molecule is C=C(C)[C@@H]1CC[C@]2(CCOC(=O)Cc3cc(C)on3)CC[C@]3(C)[C@H](CC[C@@H]4[C@@]5(C)CC[C@H](OC(=O)CC(C)(C)C(=O)O)C(C)(C)[C@@H]5CC[C@]43C)[C@@H]12. The minimum absolute atomic E-state index is 0.115. The lowest BCUT2D eigenvalue weighted by Crippen LogP contribution is -2.66. The van der Waals surface area contributed by atoms with E-state index in [1.807, 2.05) is 6.92 Å². The van der Waals surface area contributed by atoms with Crippen LogP contribution in [-0.2, 0) is 30.3 Å². The first-order chi connectivity index (χ1) is 23.7. The van der Waals surface area contributed by atoms with Crippen LogP contribution >= 0.6 is 0 Å². The standard InChI is InChI=1S/C43H65NO7/c1-26(2)29-13-18-43(21-22-49-34(45)24-28-23-27(3)51-44-28)20-19-41(9)30(36(29)43)11-12-32-40(8)16-15-33(50-35(46)25-38(4,5)37(47)48)39(6,7)31(40)14-17-42(32,41)10/h23,29-33,36H,1,11-22,24-25H2,2-10H3,(H,47,48)/t29-,30+,31-,32+,33-,36+,40-,41+,42+,43+/m0/s1. The highest BCUT2D eigenvalue weighted by Crippen LogP contribution is 2.78. The number of ether oxygens (including phenoxy) is 2. The number of hydrogen-bond donors (Lipinski definition) is 1. The van der Waals surface area contributed by atoms with E-state index in [9.17, 15) is 19.5 Å². The molecule has 0 bridgehead atoms. The van der Waals surface area contributed by atoms with E-state index >= 15 is 0 Å². The average Bonchev–Trinajstić information content (AvgIpc) is 3.62. The van der Waals surface area contributed by atoms with Gasteiger partial charge >= 0.3 is 17.9 Å². The van der Waals surface area contributed by atoms with Crippen LogP contribution in [0.15, 0.2) is 22.7 Å². The van der Waals surface area contributed by atoms with Gasteiger partial charge in [0.2, 0.25) is 0 Å². The van der Waals surface area contributed by atoms with Crippen LogP contribution in [0.3, 0.4) is 0 Å². The van der Waals surface area contributed by atoms with Gasteiger partial charge in [-0.15, -0.1) is 0 Å². The number of carboxylic acid groups (broad SMARTS) is 1. The number of rotatable bonds is 10. The average molecular weight is 708 g/mol. The molecule has 284 valence electrons. The number of fused-ring (bicyclic) bond motifs is 7. The van der Waals surface area contributed by atoms with E-state index in [4.69, 9.17) is 14.0 Å². The van der Waals surface area contributed by atoms with Gasteiger partial charge in [-0.3, -0.25) is 14.4 Å². The summed E-state index contributed by atoms with van der Waals surface area (Å²) in [6.07, 6.45) is 12.1. The number of allylic oxidation sites excluding steroid dienone is 1. The summed E-state index contributed by atoms with van der Waals surface area (Å²) < 4.78 is 17.2. The molecule has 5 aliphatic carbocycles. The molecule has 5 aliphatic rings. The van der Waals surface area contributed by atoms with Crippen molar-refractivity contribution in [2.24, 2.45) is 62.1 Å². The second kappa shape index (κ2) is 13.0. The van der Waals surface area contributed by atoms with Crippen molar-refractivity contribution in [1.82, 2.24) is 5.16 Å². The molecule has 10 atom stereocenters. The first kappa shape index (κ1) is 38.1. The molecule has 51 heavy (non-hydrogen) atoms. The summed E-state index contributed by atoms with van der Waals surface area (Å²) in [5.74, 6) is 1.77. The number of carbonyl (C=O) groups excluding carboxylic acids is 2. The number of aryl methyl sites for hydroxylation is 1. The summed E-state index contributed by atoms with van der Waals surface area (Å²) in [4.78, 5) is 37.6. The molecule has 8 heteroatoms. The largest absolute Gasteiger partial charge is 0.481 e. The maximum absolute atomic E-state index is 13.1. The number of carbonyl (C=O) groups is 3. The first-order valence-corrected chi connectivity index (χ1v) is 19.9. The van der Waals surface area contributed by atoms with E-state index in [1.54, 1.807) is 19.9 Å². The summed E-state index contributed by atoms with van der Waals surface area (Å²) in [6, 6.07) is 1.80. The number of carboxylic acids is 1. The molecule has 1 aromatic heterocycles. The minimum Gasteiger partial charge on any atom is -0.481 e. The third-order valence-corrected chi connectivity index (χ3v) is 16.5. The fourth-order valence-corrected chi connectivity index (χ4v) is 13.6. The summed E-state index contributed by atoms with van der Waals surface area (Å²) in [7, 11) is 0. The summed E-state index contributed by atoms with van der Waals surface area (Å²) in [5.41, 5.74) is 1.30. The zero-order valence-corrected chi connectivity index (χ0v) is 33.0. The molecule has 8 nitrogen and oxygen atoms in total. The molecule has 1 heterocycles. The van der Waals surface area contributed by atoms with Crippen molar-refractivity contribution in [3.8, 4) is 0 Å². The molecule has 0 saturated heterocycles. The van der Waals surface area contributed by atoms with E-state index in [0.717, 1.165) is 25.7 Å². The van der Waals surface area contributed by atoms with Crippen LogP contribution in [0.2, 0.25) is 0 Å². The molecule has 0 amide bonds. The van der Waals surface area contributed by atoms with Gasteiger partial charge in [0.15, 0.2) is 0 Å². The van der Waals surface area contributed by atoms with Gasteiger partial charge in [0.05, 0.1) is 30.6 Å². The van der Waals surface area contributed by atoms with Crippen LogP contribution in [0.5, 0.6) is 0 Å². The zero-order valence-electron chi connectivity index (χ0n) is 33.0. The lowest BCUT2D eigenvalue weighted by molar-refractivity contribution is -0.251. The van der Waals surface area contributed by atoms with Crippen molar-refractivity contribution >= 4 is 17.9 Å². The minimum atomic E-state index is -1.15. The van der Waals surface area contributed by atoms with Gasteiger partial charge in [-0.1, -0.05) is 51.9 Å². The Labute approximate surface area is 306 Å². The topological polar surface area (TPSA) is 116 Å². The van der Waals surface area contributed by atoms with Crippen LogP contribution in [-0.4, -0.2) is 40.9 Å². The van der Waals surface area contributed by atoms with E-state index in [-0.39, 0.29) is 52.0 Å². The summed E-state index contributed by atoms with van der Waals surface area (Å²) in [6.45, 7) is 24.7. The van der Waals surface area contributed by atoms with Crippen molar-refractivity contribution in [1.29, 1.82) is 0 Å². The fraction of sp³-hybridized carbons (Fsp3) is 0.814. The van der Waals surface area contributed by atoms with Gasteiger partial charge in [0, 0.05) is 11.5 Å². The normalized spacial score (nSPS) is 39.9. The Morgan fingerprint density at radius 3 is 2.31 bits per heavy atom. The van der Waals surface area contributed by atoms with Gasteiger partial charge in [0.25, 0.3) is 0 Å². The maximum Gasteiger partial charge on any atom is 0.311 e. The fourth-order valence-electron chi connectivity index (χ4n) is 13.6. The molecule has 0 aliphatic heterocycles. The predicted octanol–water partition coefficient (Wildman–Crippen LogP) is 9.53. The lowest BCUT2D eigenvalue weighted by Gasteiger charge is -2.73. The highest BCUT2D eigenvalue weighted by Gasteiger charge is 2.71. The number of hydrogen-bond acceptors (Lipinski definition) is 7. The highest BCUT2D eigenvalue weighted by molar-refractivity contribution is 5.81. The van der Waals surface area contributed by atoms with Gasteiger partial charge in [-0.25, -0.2) is 0 Å². The summed E-state index contributed by atoms with van der Waals surface area (Å²) >= 11 is 0. The first-order valence-electron chi connectivity index (χ1n) is 19.9. The molecule has 1 N–H and O–H groups in total. The van der Waals surface area contributed by atoms with E-state index in [1.165, 1.54) is 50.5 Å². The van der Waals surface area contributed by atoms with Crippen LogP contribution in [0.25, 0.3) is 0 Å². The highest BCUT2D eigenvalue weighted by atomic mass is 16.5. The Hall–Kier alpha value is -2.64. The van der Waals surface area contributed by atoms with Crippen LogP contribution in [0.1, 0.15) is 144 Å². The zero-order chi connectivity index (χ0) is 37.4. The molecule has 0 unspecified atom stereocenters. The molecule has 6 rings (SSSR count). The third-order valence-electron chi connectivity index (χ3n) is 16.5. The molecule has 0 radical (unpaired) electrons. The Kier molecular flexibility index (Phi) is 9.74. The molecular formula is C43H65NO7. The molecular weight excluding hydrogens is 642 g/mol. The van der Waals surface area contributed by atoms with Crippen molar-refractivity contribution in [3.63, 3.8) is 0 Å². The van der Waals surface area contributed by atoms with Gasteiger partial charge in [-0.05, 0) is 150 Å². The van der Waals surface area contributed by atoms with E-state index in [0.29, 0.717) is 47.7 Å². The van der Waals surface area contributed by atoms with Crippen molar-refractivity contribution < 1.29 is 33.5 Å². The Morgan fingerprint density at radius 1 is 0.941 bits per heavy atom. The van der Waals surface area contributed by atoms with Crippen molar-refractivity contribution in [2.45, 2.75) is 152 Å². The van der Waals surface area contributed by atoms with Crippen LogP contribution < -0.4 is 0 Å². The number of esters is 2. The Morgan fingerprint density at radius 2 is 1.67 bits per heavy atom. The molecule has 0 aromatic carbocycles. The molecule has 5 saturated carbocycles. The third kappa shape index (κ3) is 6.20. The Balaban J connectivity index is 1.20. The second-order valence-corrected chi connectivity index (χ2v) is 19.8. The monoisotopic (exact) mass is 707 g/mol. The van der Waals surface area contributed by atoms with Gasteiger partial charge in [-0.2, -0.15) is 0 Å². The molecule has 0 spiro atoms. The van der Waals surface area contributed by atoms with Gasteiger partial charge < -0.3 is 19.1 Å². The molecule has 5 fully saturated rings. The smallest absolute Gasteiger partial charge is 0.311 e. The van der Waals surface area contributed by atoms with E-state index in [2.05, 4.69) is 53.3 Å². The lowest BCUT2D eigenvalue weighted by atomic mass is 9.32. The molecule has 1 aromatic rings. The Bertz CT molecular complexity index is 1540. The number of aromatic nitrogens is 1. The predicted molar refractivity (Wildman–Crippen MR) is 195 cm³/mol. The van der Waals surface area contributed by atoms with Crippen molar-refractivity contribution in [2.75, 3.05) is 6.61 Å². The van der Waals surface area contributed by atoms with Gasteiger partial charge in [0.1, 0.15) is 11.9 Å².